The normalized spacial score (nSPS) is 24.2. The van der Waals surface area contributed by atoms with Crippen LogP contribution >= 0.6 is 0 Å². The standard InChI is InChI=1S/C17H20N2O2/c1-10-6-4-5-7-11(10)15-14-12(18-16(21)19-15)8-17(2,3)9-13(14)20/h4-7,15H,8-9H2,1-3H3,(H2,18,19,21)/t15-/m0/s1. The van der Waals surface area contributed by atoms with Crippen LogP contribution in [-0.2, 0) is 4.79 Å². The molecule has 4 heteroatoms. The van der Waals surface area contributed by atoms with Crippen LogP contribution in [0, 0.1) is 12.3 Å². The van der Waals surface area contributed by atoms with Gasteiger partial charge in [-0.3, -0.25) is 4.79 Å². The zero-order valence-electron chi connectivity index (χ0n) is 12.6. The van der Waals surface area contributed by atoms with Gasteiger partial charge in [-0.25, -0.2) is 4.79 Å². The quantitative estimate of drug-likeness (QED) is 0.833. The molecule has 21 heavy (non-hydrogen) atoms. The zero-order valence-corrected chi connectivity index (χ0v) is 12.6. The van der Waals surface area contributed by atoms with E-state index >= 15 is 0 Å². The van der Waals surface area contributed by atoms with Gasteiger partial charge in [-0.15, -0.1) is 0 Å². The molecule has 0 radical (unpaired) electrons. The van der Waals surface area contributed by atoms with E-state index in [2.05, 4.69) is 24.5 Å². The van der Waals surface area contributed by atoms with Gasteiger partial charge in [0.05, 0.1) is 6.04 Å². The lowest BCUT2D eigenvalue weighted by molar-refractivity contribution is -0.118. The van der Waals surface area contributed by atoms with Gasteiger partial charge in [0.2, 0.25) is 0 Å². The largest absolute Gasteiger partial charge is 0.327 e. The molecule has 1 aliphatic heterocycles. The lowest BCUT2D eigenvalue weighted by Crippen LogP contribution is -2.48. The maximum absolute atomic E-state index is 12.6. The molecule has 2 aliphatic rings. The van der Waals surface area contributed by atoms with E-state index in [4.69, 9.17) is 0 Å². The number of carbonyl (C=O) groups is 2. The third-order valence-corrected chi connectivity index (χ3v) is 4.25. The molecule has 0 saturated carbocycles. The Kier molecular flexibility index (Phi) is 3.12. The molecule has 1 aromatic rings. The van der Waals surface area contributed by atoms with Gasteiger partial charge >= 0.3 is 6.03 Å². The smallest absolute Gasteiger partial charge is 0.319 e. The molecule has 0 spiro atoms. The third kappa shape index (κ3) is 2.46. The van der Waals surface area contributed by atoms with Crippen LogP contribution in [0.4, 0.5) is 4.79 Å². The van der Waals surface area contributed by atoms with Gasteiger partial charge in [0.1, 0.15) is 0 Å². The Hall–Kier alpha value is -2.10. The van der Waals surface area contributed by atoms with E-state index in [-0.39, 0.29) is 23.3 Å². The molecule has 2 amide bonds. The molecule has 0 saturated heterocycles. The molecular formula is C17H20N2O2. The van der Waals surface area contributed by atoms with Crippen molar-refractivity contribution in [3.63, 3.8) is 0 Å². The Bertz CT molecular complexity index is 659. The first kappa shape index (κ1) is 13.9. The Morgan fingerprint density at radius 2 is 1.86 bits per heavy atom. The Balaban J connectivity index is 2.11. The highest BCUT2D eigenvalue weighted by Crippen LogP contribution is 2.41. The van der Waals surface area contributed by atoms with Crippen molar-refractivity contribution in [2.75, 3.05) is 0 Å². The molecule has 3 rings (SSSR count). The topological polar surface area (TPSA) is 58.2 Å². The average molecular weight is 284 g/mol. The minimum absolute atomic E-state index is 0.100. The van der Waals surface area contributed by atoms with Crippen molar-refractivity contribution in [2.24, 2.45) is 5.41 Å². The van der Waals surface area contributed by atoms with Crippen molar-refractivity contribution in [3.8, 4) is 0 Å². The first-order valence-electron chi connectivity index (χ1n) is 7.27. The number of ketones is 1. The van der Waals surface area contributed by atoms with Gasteiger partial charge in [0.25, 0.3) is 0 Å². The van der Waals surface area contributed by atoms with Gasteiger partial charge in [-0.1, -0.05) is 38.1 Å². The summed E-state index contributed by atoms with van der Waals surface area (Å²) in [5.41, 5.74) is 3.48. The number of aryl methyl sites for hydroxylation is 1. The Morgan fingerprint density at radius 3 is 2.57 bits per heavy atom. The van der Waals surface area contributed by atoms with Gasteiger partial charge in [-0.05, 0) is 29.9 Å². The highest BCUT2D eigenvalue weighted by Gasteiger charge is 2.40. The minimum Gasteiger partial charge on any atom is -0.327 e. The van der Waals surface area contributed by atoms with Crippen molar-refractivity contribution in [1.82, 2.24) is 10.6 Å². The van der Waals surface area contributed by atoms with Gasteiger partial charge < -0.3 is 10.6 Å². The molecule has 0 unspecified atom stereocenters. The molecule has 0 bridgehead atoms. The van der Waals surface area contributed by atoms with Gasteiger partial charge in [-0.2, -0.15) is 0 Å². The first-order chi connectivity index (χ1) is 9.87. The summed E-state index contributed by atoms with van der Waals surface area (Å²) in [5.74, 6) is 0.127. The maximum Gasteiger partial charge on any atom is 0.319 e. The van der Waals surface area contributed by atoms with Crippen LogP contribution in [-0.4, -0.2) is 11.8 Å². The second kappa shape index (κ2) is 4.72. The number of hydrogen-bond acceptors (Lipinski definition) is 2. The van der Waals surface area contributed by atoms with E-state index in [1.165, 1.54) is 0 Å². The van der Waals surface area contributed by atoms with Crippen LogP contribution in [0.25, 0.3) is 0 Å². The zero-order chi connectivity index (χ0) is 15.2. The van der Waals surface area contributed by atoms with Crippen molar-refractivity contribution < 1.29 is 9.59 Å². The SMILES string of the molecule is Cc1ccccc1[C@@H]1NC(=O)NC2=C1C(=O)CC(C)(C)C2. The van der Waals surface area contributed by atoms with E-state index in [0.29, 0.717) is 6.42 Å². The Morgan fingerprint density at radius 1 is 1.14 bits per heavy atom. The Labute approximate surface area is 124 Å². The summed E-state index contributed by atoms with van der Waals surface area (Å²) in [6, 6.07) is 7.31. The number of urea groups is 1. The number of Topliss-reactive ketones (excluding diaryl/α,β-unsaturated/α-hetero) is 1. The van der Waals surface area contributed by atoms with E-state index in [1.54, 1.807) is 0 Å². The summed E-state index contributed by atoms with van der Waals surface area (Å²) in [6.45, 7) is 6.12. The second-order valence-corrected chi connectivity index (χ2v) is 6.72. The lowest BCUT2D eigenvalue weighted by atomic mass is 9.72. The third-order valence-electron chi connectivity index (χ3n) is 4.25. The fourth-order valence-electron chi connectivity index (χ4n) is 3.30. The van der Waals surface area contributed by atoms with Crippen LogP contribution in [0.1, 0.15) is 43.9 Å². The van der Waals surface area contributed by atoms with Crippen LogP contribution in [0.5, 0.6) is 0 Å². The fourth-order valence-corrected chi connectivity index (χ4v) is 3.30. The summed E-state index contributed by atoms with van der Waals surface area (Å²) in [7, 11) is 0. The van der Waals surface area contributed by atoms with Crippen molar-refractivity contribution in [3.05, 3.63) is 46.7 Å². The maximum atomic E-state index is 12.6. The van der Waals surface area contributed by atoms with Crippen LogP contribution < -0.4 is 10.6 Å². The summed E-state index contributed by atoms with van der Waals surface area (Å²) in [5, 5.41) is 5.73. The molecule has 1 atom stereocenters. The fraction of sp³-hybridized carbons (Fsp3) is 0.412. The predicted molar refractivity (Wildman–Crippen MR) is 80.6 cm³/mol. The first-order valence-corrected chi connectivity index (χ1v) is 7.27. The minimum atomic E-state index is -0.335. The molecule has 110 valence electrons. The van der Waals surface area contributed by atoms with Gasteiger partial charge in [0.15, 0.2) is 5.78 Å². The molecule has 0 fully saturated rings. The number of nitrogens with one attached hydrogen (secondary N) is 2. The van der Waals surface area contributed by atoms with Gasteiger partial charge in [0, 0.05) is 17.7 Å². The van der Waals surface area contributed by atoms with E-state index in [1.807, 2.05) is 31.2 Å². The molecule has 0 aromatic heterocycles. The number of rotatable bonds is 1. The highest BCUT2D eigenvalue weighted by atomic mass is 16.2. The van der Waals surface area contributed by atoms with Crippen LogP contribution in [0.3, 0.4) is 0 Å². The molecule has 1 aliphatic carbocycles. The van der Waals surface area contributed by atoms with Crippen LogP contribution in [0.2, 0.25) is 0 Å². The number of allylic oxidation sites excluding steroid dienone is 1. The van der Waals surface area contributed by atoms with Crippen LogP contribution in [0.15, 0.2) is 35.5 Å². The van der Waals surface area contributed by atoms with Crippen molar-refractivity contribution in [1.29, 1.82) is 0 Å². The van der Waals surface area contributed by atoms with Crippen molar-refractivity contribution in [2.45, 2.75) is 39.7 Å². The molecule has 1 heterocycles. The summed E-state index contributed by atoms with van der Waals surface area (Å²) >= 11 is 0. The van der Waals surface area contributed by atoms with E-state index in [9.17, 15) is 9.59 Å². The van der Waals surface area contributed by atoms with E-state index < -0.39 is 0 Å². The molecular weight excluding hydrogens is 264 g/mol. The summed E-state index contributed by atoms with van der Waals surface area (Å²) in [6.07, 6.45) is 1.25. The number of amides is 2. The molecule has 4 nitrogen and oxygen atoms in total. The molecule has 1 aromatic carbocycles. The summed E-state index contributed by atoms with van der Waals surface area (Å²) in [4.78, 5) is 24.6. The number of carbonyl (C=O) groups excluding carboxylic acids is 2. The van der Waals surface area contributed by atoms with E-state index in [0.717, 1.165) is 28.8 Å². The van der Waals surface area contributed by atoms with Crippen molar-refractivity contribution >= 4 is 11.8 Å². The highest BCUT2D eigenvalue weighted by molar-refractivity contribution is 6.01. The predicted octanol–water partition coefficient (Wildman–Crippen LogP) is 2.99. The second-order valence-electron chi connectivity index (χ2n) is 6.72. The average Bonchev–Trinajstić information content (AvgIpc) is 2.36. The summed E-state index contributed by atoms with van der Waals surface area (Å²) < 4.78 is 0. The number of benzene rings is 1. The lowest BCUT2D eigenvalue weighted by Gasteiger charge is -2.38. The monoisotopic (exact) mass is 284 g/mol. The number of hydrogen-bond donors (Lipinski definition) is 2. The molecule has 2 N–H and O–H groups in total.